The number of nitrogens with one attached hydrogen (secondary N) is 1. The van der Waals surface area contributed by atoms with Crippen LogP contribution in [0.3, 0.4) is 0 Å². The van der Waals surface area contributed by atoms with E-state index >= 15 is 0 Å². The molecule has 1 aromatic heterocycles. The molecule has 2 unspecified atom stereocenters. The fraction of sp³-hybridized carbons (Fsp3) is 0.348. The smallest absolute Gasteiger partial charge is 0.281 e. The second-order valence-corrected chi connectivity index (χ2v) is 8.77. The Morgan fingerprint density at radius 1 is 1.16 bits per heavy atom. The van der Waals surface area contributed by atoms with Crippen molar-refractivity contribution in [3.63, 3.8) is 0 Å². The molecular formula is C23H25N5O4. The number of para-hydroxylation sites is 2. The first-order chi connectivity index (χ1) is 15.0. The second kappa shape index (κ2) is 7.74. The lowest BCUT2D eigenvalue weighted by molar-refractivity contribution is -0.128. The number of hydrogen-bond donors (Lipinski definition) is 1. The number of fused-ring (bicyclic) bond motifs is 1. The van der Waals surface area contributed by atoms with Crippen molar-refractivity contribution in [2.24, 2.45) is 9.98 Å². The van der Waals surface area contributed by atoms with Crippen LogP contribution in [0.25, 0.3) is 0 Å². The number of carbonyl (C=O) groups is 2. The predicted octanol–water partition coefficient (Wildman–Crippen LogP) is 3.11. The Labute approximate surface area is 185 Å². The number of aromatic nitrogens is 2. The molecule has 32 heavy (non-hydrogen) atoms. The first-order valence-electron chi connectivity index (χ1n) is 10.3. The van der Waals surface area contributed by atoms with Gasteiger partial charge in [-0.05, 0) is 26.0 Å². The molecule has 2 aliphatic rings. The lowest BCUT2D eigenvalue weighted by Crippen LogP contribution is -2.46. The Bertz CT molecular complexity index is 1190. The zero-order valence-electron chi connectivity index (χ0n) is 18.7. The molecular weight excluding hydrogens is 410 g/mol. The number of nitrogens with zero attached hydrogens (tertiary/aromatic N) is 4. The molecule has 4 rings (SSSR count). The molecule has 0 saturated heterocycles. The molecule has 2 aliphatic heterocycles. The maximum Gasteiger partial charge on any atom is 0.281 e. The summed E-state index contributed by atoms with van der Waals surface area (Å²) in [5, 5.41) is 7.41. The third-order valence-corrected chi connectivity index (χ3v) is 5.18. The molecule has 0 bridgehead atoms. The van der Waals surface area contributed by atoms with Crippen LogP contribution >= 0.6 is 0 Å². The first kappa shape index (κ1) is 21.5. The minimum Gasteiger partial charge on any atom is -0.482 e. The highest BCUT2D eigenvalue weighted by Gasteiger charge is 2.35. The van der Waals surface area contributed by atoms with Crippen LogP contribution in [0.2, 0.25) is 0 Å². The summed E-state index contributed by atoms with van der Waals surface area (Å²) in [5.74, 6) is 0.559. The van der Waals surface area contributed by atoms with E-state index in [-0.39, 0.29) is 16.9 Å². The lowest BCUT2D eigenvalue weighted by Gasteiger charge is -2.30. The van der Waals surface area contributed by atoms with Crippen molar-refractivity contribution in [2.75, 3.05) is 5.32 Å². The molecule has 1 aromatic carbocycles. The number of hydrogen-bond acceptors (Lipinski definition) is 6. The number of amides is 2. The Hall–Kier alpha value is -3.75. The zero-order chi connectivity index (χ0) is 23.2. The van der Waals surface area contributed by atoms with E-state index in [9.17, 15) is 9.59 Å². The number of carbonyl (C=O) groups excluding carboxylic acids is 2. The minimum atomic E-state index is -0.883. The average Bonchev–Trinajstić information content (AvgIpc) is 3.15. The summed E-state index contributed by atoms with van der Waals surface area (Å²) < 4.78 is 13.1. The molecule has 2 aromatic rings. The summed E-state index contributed by atoms with van der Waals surface area (Å²) in [5.41, 5.74) is 1.05. The van der Waals surface area contributed by atoms with Crippen molar-refractivity contribution in [1.82, 2.24) is 9.78 Å². The highest BCUT2D eigenvalue weighted by Crippen LogP contribution is 2.34. The Morgan fingerprint density at radius 2 is 1.81 bits per heavy atom. The highest BCUT2D eigenvalue weighted by molar-refractivity contribution is 6.27. The van der Waals surface area contributed by atoms with Crippen LogP contribution in [0.1, 0.15) is 40.3 Å². The molecule has 1 N–H and O–H groups in total. The molecule has 2 amide bonds. The topological polar surface area (TPSA) is 107 Å². The monoisotopic (exact) mass is 435 g/mol. The van der Waals surface area contributed by atoms with Crippen molar-refractivity contribution >= 4 is 29.3 Å². The quantitative estimate of drug-likeness (QED) is 0.730. The normalized spacial score (nSPS) is 20.5. The summed E-state index contributed by atoms with van der Waals surface area (Å²) in [6, 6.07) is 8.92. The average molecular weight is 435 g/mol. The summed E-state index contributed by atoms with van der Waals surface area (Å²) in [4.78, 5) is 33.7. The minimum absolute atomic E-state index is 0.0601. The van der Waals surface area contributed by atoms with Gasteiger partial charge in [0.2, 0.25) is 6.10 Å². The second-order valence-electron chi connectivity index (χ2n) is 8.77. The maximum atomic E-state index is 13.1. The molecule has 9 nitrogen and oxygen atoms in total. The van der Waals surface area contributed by atoms with Crippen molar-refractivity contribution in [1.29, 1.82) is 0 Å². The van der Waals surface area contributed by atoms with Crippen LogP contribution in [0, 0.1) is 0 Å². The molecule has 0 aliphatic carbocycles. The summed E-state index contributed by atoms with van der Waals surface area (Å²) in [7, 11) is 0. The first-order valence-corrected chi connectivity index (χ1v) is 10.3. The Balaban J connectivity index is 1.67. The van der Waals surface area contributed by atoms with Gasteiger partial charge in [0.25, 0.3) is 17.8 Å². The Kier molecular flexibility index (Phi) is 5.20. The summed E-state index contributed by atoms with van der Waals surface area (Å²) >= 11 is 0. The van der Waals surface area contributed by atoms with Gasteiger partial charge >= 0.3 is 0 Å². The van der Waals surface area contributed by atoms with Gasteiger partial charge < -0.3 is 14.8 Å². The van der Waals surface area contributed by atoms with Gasteiger partial charge in [-0.3, -0.25) is 9.59 Å². The van der Waals surface area contributed by atoms with Crippen molar-refractivity contribution in [3.8, 4) is 11.5 Å². The van der Waals surface area contributed by atoms with E-state index in [1.54, 1.807) is 32.0 Å². The molecule has 0 spiro atoms. The van der Waals surface area contributed by atoms with Crippen LogP contribution in [-0.2, 0) is 15.0 Å². The molecule has 9 heteroatoms. The van der Waals surface area contributed by atoms with Crippen LogP contribution in [0.15, 0.2) is 52.5 Å². The Morgan fingerprint density at radius 3 is 2.44 bits per heavy atom. The molecule has 2 atom stereocenters. The van der Waals surface area contributed by atoms with Crippen LogP contribution in [0.4, 0.5) is 5.82 Å². The van der Waals surface area contributed by atoms with Crippen molar-refractivity contribution in [2.45, 2.75) is 52.2 Å². The molecule has 3 heterocycles. The van der Waals surface area contributed by atoms with Crippen LogP contribution < -0.4 is 14.8 Å². The molecule has 0 saturated carbocycles. The molecule has 0 radical (unpaired) electrons. The van der Waals surface area contributed by atoms with Gasteiger partial charge in [0, 0.05) is 11.5 Å². The van der Waals surface area contributed by atoms with E-state index in [4.69, 9.17) is 9.47 Å². The van der Waals surface area contributed by atoms with Gasteiger partial charge in [0.15, 0.2) is 11.5 Å². The third-order valence-electron chi connectivity index (χ3n) is 5.18. The number of benzene rings is 1. The van der Waals surface area contributed by atoms with E-state index in [1.807, 2.05) is 32.9 Å². The molecule has 0 fully saturated rings. The zero-order valence-corrected chi connectivity index (χ0v) is 18.7. The molecule has 166 valence electrons. The van der Waals surface area contributed by atoms with Crippen LogP contribution in [-0.4, -0.2) is 45.5 Å². The largest absolute Gasteiger partial charge is 0.482 e. The third kappa shape index (κ3) is 3.93. The lowest BCUT2D eigenvalue weighted by atomic mass is 9.92. The van der Waals surface area contributed by atoms with Crippen molar-refractivity contribution < 1.29 is 19.1 Å². The maximum absolute atomic E-state index is 13.1. The van der Waals surface area contributed by atoms with E-state index in [0.717, 1.165) is 0 Å². The number of rotatable bonds is 2. The highest BCUT2D eigenvalue weighted by atomic mass is 16.6. The van der Waals surface area contributed by atoms with Crippen LogP contribution in [0.5, 0.6) is 11.5 Å². The SMILES string of the molecule is C=C1C(=O)N=C(n2nc(C(C)(C)C)cc2NC(=O)C2Oc3ccccc3OC2C)N=C1C. The van der Waals surface area contributed by atoms with E-state index in [1.165, 1.54) is 4.68 Å². The van der Waals surface area contributed by atoms with E-state index < -0.39 is 24.0 Å². The number of anilines is 1. The van der Waals surface area contributed by atoms with Gasteiger partial charge in [-0.2, -0.15) is 14.8 Å². The van der Waals surface area contributed by atoms with Gasteiger partial charge in [0.1, 0.15) is 11.9 Å². The summed E-state index contributed by atoms with van der Waals surface area (Å²) in [6.45, 7) is 13.1. The van der Waals surface area contributed by atoms with Crippen molar-refractivity contribution in [3.05, 3.63) is 48.2 Å². The van der Waals surface area contributed by atoms with E-state index in [0.29, 0.717) is 28.7 Å². The fourth-order valence-corrected chi connectivity index (χ4v) is 3.24. The van der Waals surface area contributed by atoms with Gasteiger partial charge in [-0.1, -0.05) is 39.5 Å². The van der Waals surface area contributed by atoms with Gasteiger partial charge in [0.05, 0.1) is 17.0 Å². The summed E-state index contributed by atoms with van der Waals surface area (Å²) in [6.07, 6.45) is -1.40. The van der Waals surface area contributed by atoms with E-state index in [2.05, 4.69) is 27.0 Å². The fourth-order valence-electron chi connectivity index (χ4n) is 3.24. The standard InChI is InChI=1S/C23H25N5O4/c1-12-13(2)24-22(26-20(12)29)28-18(11-17(27-28)23(4,5)6)25-21(30)19-14(3)31-15-9-7-8-10-16(15)32-19/h7-11,14,19H,1H2,2-6H3,(H,25,30). The number of aliphatic imine (C=N–C) groups is 2. The van der Waals surface area contributed by atoms with Gasteiger partial charge in [-0.25, -0.2) is 4.99 Å². The number of ether oxygens (including phenoxy) is 2. The van der Waals surface area contributed by atoms with Gasteiger partial charge in [-0.15, -0.1) is 0 Å². The predicted molar refractivity (Wildman–Crippen MR) is 121 cm³/mol.